The summed E-state index contributed by atoms with van der Waals surface area (Å²) < 4.78 is 11.5. The highest BCUT2D eigenvalue weighted by Crippen LogP contribution is 2.46. The molecule has 31 heavy (non-hydrogen) atoms. The Labute approximate surface area is 190 Å². The predicted octanol–water partition coefficient (Wildman–Crippen LogP) is 6.01. The molecular weight excluding hydrogens is 404 g/mol. The molecule has 1 aliphatic rings. The van der Waals surface area contributed by atoms with E-state index < -0.39 is 19.7 Å². The molecule has 0 spiro atoms. The van der Waals surface area contributed by atoms with Gasteiger partial charge in [-0.1, -0.05) is 63.6 Å². The zero-order chi connectivity index (χ0) is 23.9. The third kappa shape index (κ3) is 7.62. The van der Waals surface area contributed by atoms with Gasteiger partial charge in [0.25, 0.3) is 0 Å². The van der Waals surface area contributed by atoms with E-state index >= 15 is 0 Å². The van der Waals surface area contributed by atoms with Gasteiger partial charge in [0.1, 0.15) is 0 Å². The molecule has 0 aliphatic heterocycles. The van der Waals surface area contributed by atoms with Crippen molar-refractivity contribution in [1.29, 1.82) is 0 Å². The van der Waals surface area contributed by atoms with E-state index in [0.29, 0.717) is 6.42 Å². The molecule has 1 rings (SSSR count). The summed E-state index contributed by atoms with van der Waals surface area (Å²) in [6.07, 6.45) is 11.5. The van der Waals surface area contributed by atoms with Crippen LogP contribution in [0.1, 0.15) is 61.3 Å². The van der Waals surface area contributed by atoms with Gasteiger partial charge in [-0.25, -0.2) is 4.79 Å². The van der Waals surface area contributed by atoms with Crippen molar-refractivity contribution in [2.75, 3.05) is 6.61 Å². The Bertz CT molecular complexity index is 801. The highest BCUT2D eigenvalue weighted by molar-refractivity contribution is 6.74. The molecule has 0 heterocycles. The number of allylic oxidation sites excluding steroid dienone is 5. The monoisotopic (exact) mass is 444 g/mol. The molecule has 0 aromatic carbocycles. The summed E-state index contributed by atoms with van der Waals surface area (Å²) in [4.78, 5) is 24.8. The first-order valence-electron chi connectivity index (χ1n) is 11.2. The molecule has 0 radical (unpaired) electrons. The minimum Gasteiger partial charge on any atom is -0.456 e. The molecule has 0 saturated heterocycles. The number of ketones is 1. The van der Waals surface area contributed by atoms with E-state index in [0.717, 1.165) is 12.0 Å². The van der Waals surface area contributed by atoms with E-state index in [4.69, 9.17) is 9.16 Å². The van der Waals surface area contributed by atoms with Gasteiger partial charge in [-0.3, -0.25) is 4.79 Å². The van der Waals surface area contributed by atoms with Crippen LogP contribution < -0.4 is 0 Å². The number of carbonyl (C=O) groups is 2. The standard InChI is InChI=1S/C26H40O4Si/c1-10-12-13-14-20(3)17-21-18-22(30-31(8,9)25(4,5)6)19-26(21,7)23(27)15-16-24(28)29-11-2/h10,12-14,18,20,22H,11,17,19H2,1-9H3/b12-10+,14-13+/t20-,22+,26+/m1/s1. The molecule has 4 nitrogen and oxygen atoms in total. The van der Waals surface area contributed by atoms with Crippen molar-refractivity contribution in [2.24, 2.45) is 11.3 Å². The van der Waals surface area contributed by atoms with Gasteiger partial charge in [0.05, 0.1) is 18.1 Å². The Balaban J connectivity index is 3.20. The average Bonchev–Trinajstić information content (AvgIpc) is 2.94. The van der Waals surface area contributed by atoms with E-state index in [1.807, 2.05) is 32.1 Å². The van der Waals surface area contributed by atoms with Crippen LogP contribution in [0, 0.1) is 23.2 Å². The smallest absolute Gasteiger partial charge is 0.384 e. The first kappa shape index (κ1) is 27.1. The average molecular weight is 445 g/mol. The normalized spacial score (nSPS) is 22.9. The van der Waals surface area contributed by atoms with Crippen LogP contribution in [0.3, 0.4) is 0 Å². The largest absolute Gasteiger partial charge is 0.456 e. The summed E-state index contributed by atoms with van der Waals surface area (Å²) in [5.41, 5.74) is 0.270. The summed E-state index contributed by atoms with van der Waals surface area (Å²) >= 11 is 0. The summed E-state index contributed by atoms with van der Waals surface area (Å²) in [5, 5.41) is 0.0796. The quantitative estimate of drug-likeness (QED) is 0.0875. The van der Waals surface area contributed by atoms with E-state index in [1.54, 1.807) is 6.92 Å². The highest BCUT2D eigenvalue weighted by Gasteiger charge is 2.46. The maximum absolute atomic E-state index is 13.1. The van der Waals surface area contributed by atoms with Gasteiger partial charge in [-0.2, -0.15) is 0 Å². The van der Waals surface area contributed by atoms with Gasteiger partial charge < -0.3 is 9.16 Å². The molecule has 1 aliphatic carbocycles. The lowest BCUT2D eigenvalue weighted by Crippen LogP contribution is -2.43. The Hall–Kier alpha value is -1.90. The Kier molecular flexibility index (Phi) is 9.72. The van der Waals surface area contributed by atoms with Crippen LogP contribution in [0.4, 0.5) is 0 Å². The SMILES string of the molecule is C/C=C/C=C/[C@@H](C)CC1=C[C@H](O[Si](C)(C)C(C)(C)C)C[C@]1(C)C(=O)C#CC(=O)OCC. The van der Waals surface area contributed by atoms with Gasteiger partial charge in [0.15, 0.2) is 8.32 Å². The second-order valence-corrected chi connectivity index (χ2v) is 14.8. The van der Waals surface area contributed by atoms with Gasteiger partial charge >= 0.3 is 5.97 Å². The van der Waals surface area contributed by atoms with Crippen molar-refractivity contribution < 1.29 is 18.8 Å². The molecule has 5 heteroatoms. The lowest BCUT2D eigenvalue weighted by atomic mass is 9.76. The van der Waals surface area contributed by atoms with E-state index in [1.165, 1.54) is 0 Å². The first-order chi connectivity index (χ1) is 14.3. The summed E-state index contributed by atoms with van der Waals surface area (Å²) in [7, 11) is -2.00. The number of rotatable bonds is 8. The van der Waals surface area contributed by atoms with Crippen LogP contribution in [0.25, 0.3) is 0 Å². The van der Waals surface area contributed by atoms with Crippen LogP contribution in [-0.2, 0) is 18.8 Å². The zero-order valence-electron chi connectivity index (χ0n) is 20.8. The van der Waals surface area contributed by atoms with Crippen LogP contribution >= 0.6 is 0 Å². The van der Waals surface area contributed by atoms with Crippen molar-refractivity contribution >= 4 is 20.1 Å². The molecule has 0 fully saturated rings. The highest BCUT2D eigenvalue weighted by atomic mass is 28.4. The van der Waals surface area contributed by atoms with Crippen molar-refractivity contribution in [2.45, 2.75) is 85.5 Å². The van der Waals surface area contributed by atoms with Crippen molar-refractivity contribution in [1.82, 2.24) is 0 Å². The summed E-state index contributed by atoms with van der Waals surface area (Å²) in [6.45, 7) is 19.1. The minimum atomic E-state index is -2.00. The Morgan fingerprint density at radius 1 is 1.29 bits per heavy atom. The van der Waals surface area contributed by atoms with Gasteiger partial charge in [0, 0.05) is 5.92 Å². The van der Waals surface area contributed by atoms with Crippen molar-refractivity contribution in [3.8, 4) is 11.8 Å². The van der Waals surface area contributed by atoms with Gasteiger partial charge in [-0.05, 0) is 63.6 Å². The molecule has 3 atom stereocenters. The second kappa shape index (κ2) is 11.1. The number of Topliss-reactive ketones (excluding diaryl/α,β-unsaturated/α-hetero) is 1. The zero-order valence-corrected chi connectivity index (χ0v) is 21.8. The van der Waals surface area contributed by atoms with Crippen LogP contribution in [0.15, 0.2) is 36.0 Å². The molecule has 0 bridgehead atoms. The van der Waals surface area contributed by atoms with E-state index in [9.17, 15) is 9.59 Å². The molecule has 0 aromatic rings. The number of carbonyl (C=O) groups excluding carboxylic acids is 2. The molecule has 0 aromatic heterocycles. The molecule has 0 unspecified atom stereocenters. The summed E-state index contributed by atoms with van der Waals surface area (Å²) in [6, 6.07) is 0. The molecule has 0 N–H and O–H groups in total. The van der Waals surface area contributed by atoms with E-state index in [2.05, 4.69) is 64.8 Å². The second-order valence-electron chi connectivity index (χ2n) is 10.0. The number of hydrogen-bond acceptors (Lipinski definition) is 4. The number of esters is 1. The Morgan fingerprint density at radius 3 is 2.48 bits per heavy atom. The molecule has 172 valence electrons. The fourth-order valence-corrected chi connectivity index (χ4v) is 4.62. The third-order valence-corrected chi connectivity index (χ3v) is 10.8. The predicted molar refractivity (Wildman–Crippen MR) is 130 cm³/mol. The maximum atomic E-state index is 13.1. The van der Waals surface area contributed by atoms with Gasteiger partial charge in [0.2, 0.25) is 5.78 Å². The van der Waals surface area contributed by atoms with E-state index in [-0.39, 0.29) is 29.5 Å². The van der Waals surface area contributed by atoms with Crippen LogP contribution in [-0.4, -0.2) is 32.8 Å². The summed E-state index contributed by atoms with van der Waals surface area (Å²) in [5.74, 6) is 4.23. The van der Waals surface area contributed by atoms with Crippen molar-refractivity contribution in [3.05, 3.63) is 36.0 Å². The van der Waals surface area contributed by atoms with Crippen LogP contribution in [0.2, 0.25) is 18.1 Å². The molecule has 0 saturated carbocycles. The third-order valence-electron chi connectivity index (χ3n) is 6.30. The minimum absolute atomic E-state index is 0.0796. The number of ether oxygens (including phenoxy) is 1. The molecular formula is C26H40O4Si. The topological polar surface area (TPSA) is 52.6 Å². The lowest BCUT2D eigenvalue weighted by molar-refractivity contribution is -0.136. The molecule has 0 amide bonds. The maximum Gasteiger partial charge on any atom is 0.384 e. The van der Waals surface area contributed by atoms with Crippen molar-refractivity contribution in [3.63, 3.8) is 0 Å². The number of hydrogen-bond donors (Lipinski definition) is 0. The lowest BCUT2D eigenvalue weighted by Gasteiger charge is -2.38. The fourth-order valence-electron chi connectivity index (χ4n) is 3.36. The van der Waals surface area contributed by atoms with Crippen LogP contribution in [0.5, 0.6) is 0 Å². The first-order valence-corrected chi connectivity index (χ1v) is 14.1. The van der Waals surface area contributed by atoms with Gasteiger partial charge in [-0.15, -0.1) is 0 Å². The fraction of sp³-hybridized carbons (Fsp3) is 0.615. The Morgan fingerprint density at radius 2 is 1.94 bits per heavy atom.